The predicted octanol–water partition coefficient (Wildman–Crippen LogP) is 3.75. The largest absolute Gasteiger partial charge is 0.497 e. The third kappa shape index (κ3) is 4.89. The van der Waals surface area contributed by atoms with Gasteiger partial charge in [-0.2, -0.15) is 0 Å². The molecule has 2 aromatic carbocycles. The van der Waals surface area contributed by atoms with Crippen LogP contribution in [0.3, 0.4) is 0 Å². The van der Waals surface area contributed by atoms with Crippen LogP contribution in [0.4, 0.5) is 0 Å². The summed E-state index contributed by atoms with van der Waals surface area (Å²) in [6, 6.07) is 14.8. The van der Waals surface area contributed by atoms with Gasteiger partial charge in [-0.25, -0.2) is 13.1 Å². The number of likely N-dealkylation sites (tertiary alicyclic amines) is 1. The molecule has 0 radical (unpaired) electrons. The first kappa shape index (κ1) is 22.9. The number of carbonyl (C=O) groups is 1. The molecule has 1 saturated heterocycles. The molecular formula is C24H26N2O6S. The van der Waals surface area contributed by atoms with E-state index < -0.39 is 10.0 Å². The number of nitrogens with one attached hydrogen (secondary N) is 1. The second-order valence-electron chi connectivity index (χ2n) is 7.69. The summed E-state index contributed by atoms with van der Waals surface area (Å²) in [4.78, 5) is 15.2. The first-order valence-electron chi connectivity index (χ1n) is 10.6. The van der Waals surface area contributed by atoms with Gasteiger partial charge in [-0.3, -0.25) is 4.79 Å². The van der Waals surface area contributed by atoms with E-state index >= 15 is 0 Å². The van der Waals surface area contributed by atoms with Gasteiger partial charge in [0, 0.05) is 23.7 Å². The zero-order chi connectivity index (χ0) is 23.4. The first-order chi connectivity index (χ1) is 15.9. The van der Waals surface area contributed by atoms with Crippen LogP contribution in [0.1, 0.15) is 40.6 Å². The molecule has 0 aliphatic carbocycles. The quantitative estimate of drug-likeness (QED) is 0.538. The highest BCUT2D eigenvalue weighted by Crippen LogP contribution is 2.39. The third-order valence-corrected chi connectivity index (χ3v) is 7.16. The van der Waals surface area contributed by atoms with Crippen LogP contribution in [0.25, 0.3) is 0 Å². The molecule has 8 nitrogen and oxygen atoms in total. The molecule has 2 heterocycles. The van der Waals surface area contributed by atoms with Crippen molar-refractivity contribution in [3.05, 3.63) is 77.7 Å². The Bertz CT molecular complexity index is 1210. The number of methoxy groups -OCH3 is 2. The predicted molar refractivity (Wildman–Crippen MR) is 122 cm³/mol. The molecule has 1 fully saturated rings. The van der Waals surface area contributed by atoms with Crippen LogP contribution in [0.2, 0.25) is 0 Å². The molecule has 1 aliphatic heterocycles. The zero-order valence-corrected chi connectivity index (χ0v) is 19.3. The second-order valence-corrected chi connectivity index (χ2v) is 9.46. The Morgan fingerprint density at radius 1 is 1.12 bits per heavy atom. The number of nitrogens with zero attached hydrogens (tertiary/aromatic N) is 1. The van der Waals surface area contributed by atoms with Crippen molar-refractivity contribution in [1.29, 1.82) is 0 Å². The average Bonchev–Trinajstić information content (AvgIpc) is 3.54. The van der Waals surface area contributed by atoms with Crippen molar-refractivity contribution in [3.63, 3.8) is 0 Å². The van der Waals surface area contributed by atoms with Crippen molar-refractivity contribution in [1.82, 2.24) is 9.62 Å². The van der Waals surface area contributed by atoms with Crippen molar-refractivity contribution in [2.24, 2.45) is 0 Å². The van der Waals surface area contributed by atoms with E-state index in [1.54, 1.807) is 38.5 Å². The SMILES string of the molecule is COc1ccc([C@H]2CCCN2C(=O)c2ccc(S(=O)(=O)NCc3ccco3)cc2)c(OC)c1. The van der Waals surface area contributed by atoms with Gasteiger partial charge in [-0.05, 0) is 61.4 Å². The molecule has 3 aromatic rings. The minimum Gasteiger partial charge on any atom is -0.497 e. The Morgan fingerprint density at radius 3 is 2.58 bits per heavy atom. The maximum Gasteiger partial charge on any atom is 0.254 e. The lowest BCUT2D eigenvalue weighted by molar-refractivity contribution is 0.0734. The maximum absolute atomic E-state index is 13.3. The average molecular weight is 471 g/mol. The molecule has 0 saturated carbocycles. The number of carbonyl (C=O) groups excluding carboxylic acids is 1. The number of benzene rings is 2. The van der Waals surface area contributed by atoms with Crippen LogP contribution in [-0.2, 0) is 16.6 Å². The molecule has 0 spiro atoms. The minimum absolute atomic E-state index is 0.0508. The van der Waals surface area contributed by atoms with E-state index in [0.717, 1.165) is 18.4 Å². The topological polar surface area (TPSA) is 98.1 Å². The Balaban J connectivity index is 1.51. The Hall–Kier alpha value is -3.30. The molecule has 1 amide bonds. The number of amides is 1. The summed E-state index contributed by atoms with van der Waals surface area (Å²) in [7, 11) is -0.541. The van der Waals surface area contributed by atoms with Gasteiger partial charge in [0.05, 0.1) is 38.0 Å². The van der Waals surface area contributed by atoms with E-state index in [0.29, 0.717) is 29.4 Å². The molecule has 0 unspecified atom stereocenters. The van der Waals surface area contributed by atoms with Crippen molar-refractivity contribution in [2.75, 3.05) is 20.8 Å². The van der Waals surface area contributed by atoms with Gasteiger partial charge in [-0.15, -0.1) is 0 Å². The van der Waals surface area contributed by atoms with Gasteiger partial charge in [0.1, 0.15) is 17.3 Å². The van der Waals surface area contributed by atoms with Crippen LogP contribution in [-0.4, -0.2) is 40.0 Å². The highest BCUT2D eigenvalue weighted by molar-refractivity contribution is 7.89. The third-order valence-electron chi connectivity index (χ3n) is 5.74. The Morgan fingerprint density at radius 2 is 1.91 bits per heavy atom. The lowest BCUT2D eigenvalue weighted by Crippen LogP contribution is -2.31. The second kappa shape index (κ2) is 9.68. The van der Waals surface area contributed by atoms with Crippen LogP contribution >= 0.6 is 0 Å². The lowest BCUT2D eigenvalue weighted by Gasteiger charge is -2.26. The fourth-order valence-corrected chi connectivity index (χ4v) is 5.03. The van der Waals surface area contributed by atoms with E-state index in [2.05, 4.69) is 4.72 Å². The van der Waals surface area contributed by atoms with Gasteiger partial charge >= 0.3 is 0 Å². The van der Waals surface area contributed by atoms with Crippen LogP contribution in [0.5, 0.6) is 11.5 Å². The summed E-state index contributed by atoms with van der Waals surface area (Å²) < 4.78 is 43.6. The molecule has 33 heavy (non-hydrogen) atoms. The number of sulfonamides is 1. The summed E-state index contributed by atoms with van der Waals surface area (Å²) in [6.07, 6.45) is 3.17. The summed E-state index contributed by atoms with van der Waals surface area (Å²) in [6.45, 7) is 0.665. The van der Waals surface area contributed by atoms with Gasteiger partial charge in [0.15, 0.2) is 0 Å². The minimum atomic E-state index is -3.73. The zero-order valence-electron chi connectivity index (χ0n) is 18.5. The van der Waals surface area contributed by atoms with Crippen LogP contribution in [0.15, 0.2) is 70.2 Å². The van der Waals surface area contributed by atoms with E-state index in [9.17, 15) is 13.2 Å². The number of hydrogen-bond acceptors (Lipinski definition) is 6. The number of hydrogen-bond donors (Lipinski definition) is 1. The highest BCUT2D eigenvalue weighted by atomic mass is 32.2. The monoisotopic (exact) mass is 470 g/mol. The van der Waals surface area contributed by atoms with E-state index in [-0.39, 0.29) is 23.4 Å². The Labute approximate surface area is 193 Å². The summed E-state index contributed by atoms with van der Waals surface area (Å²) >= 11 is 0. The van der Waals surface area contributed by atoms with Crippen molar-refractivity contribution < 1.29 is 27.1 Å². The number of ether oxygens (including phenoxy) is 2. The van der Waals surface area contributed by atoms with E-state index in [4.69, 9.17) is 13.9 Å². The summed E-state index contributed by atoms with van der Waals surface area (Å²) in [5.74, 6) is 1.72. The lowest BCUT2D eigenvalue weighted by atomic mass is 10.0. The highest BCUT2D eigenvalue weighted by Gasteiger charge is 2.32. The van der Waals surface area contributed by atoms with Crippen molar-refractivity contribution in [3.8, 4) is 11.5 Å². The molecule has 174 valence electrons. The normalized spacial score (nSPS) is 16.1. The molecule has 1 atom stereocenters. The fraction of sp³-hybridized carbons (Fsp3) is 0.292. The van der Waals surface area contributed by atoms with Crippen molar-refractivity contribution in [2.45, 2.75) is 30.3 Å². The molecule has 1 aliphatic rings. The van der Waals surface area contributed by atoms with Gasteiger partial charge in [-0.1, -0.05) is 0 Å². The molecule has 0 bridgehead atoms. The van der Waals surface area contributed by atoms with Gasteiger partial charge < -0.3 is 18.8 Å². The molecule has 9 heteroatoms. The maximum atomic E-state index is 13.3. The molecular weight excluding hydrogens is 444 g/mol. The smallest absolute Gasteiger partial charge is 0.254 e. The van der Waals surface area contributed by atoms with Gasteiger partial charge in [0.2, 0.25) is 10.0 Å². The molecule has 1 N–H and O–H groups in total. The number of rotatable bonds is 8. The summed E-state index contributed by atoms with van der Waals surface area (Å²) in [5, 5.41) is 0. The first-order valence-corrected chi connectivity index (χ1v) is 12.1. The Kier molecular flexibility index (Phi) is 6.71. The van der Waals surface area contributed by atoms with Crippen LogP contribution < -0.4 is 14.2 Å². The van der Waals surface area contributed by atoms with Crippen LogP contribution in [0, 0.1) is 0 Å². The van der Waals surface area contributed by atoms with Crippen molar-refractivity contribution >= 4 is 15.9 Å². The fourth-order valence-electron chi connectivity index (χ4n) is 4.03. The van der Waals surface area contributed by atoms with E-state index in [1.165, 1.54) is 18.4 Å². The van der Waals surface area contributed by atoms with Gasteiger partial charge in [0.25, 0.3) is 5.91 Å². The van der Waals surface area contributed by atoms with E-state index in [1.807, 2.05) is 23.1 Å². The summed E-state index contributed by atoms with van der Waals surface area (Å²) in [5.41, 5.74) is 1.35. The molecule has 4 rings (SSSR count). The number of furan rings is 1. The standard InChI is InChI=1S/C24H26N2O6S/c1-30-18-9-12-21(23(15-18)31-2)22-6-3-13-26(22)24(27)17-7-10-20(11-8-17)33(28,29)25-16-19-5-4-14-32-19/h4-5,7-12,14-15,22,25H,3,6,13,16H2,1-2H3/t22-/m1/s1. The molecule has 1 aromatic heterocycles.